The summed E-state index contributed by atoms with van der Waals surface area (Å²) >= 11 is 0. The van der Waals surface area contributed by atoms with Crippen LogP contribution in [0.3, 0.4) is 0 Å². The maximum atomic E-state index is 12.8. The molecule has 3 aliphatic rings. The van der Waals surface area contributed by atoms with Gasteiger partial charge in [-0.25, -0.2) is 0 Å². The smallest absolute Gasteiger partial charge is 0.251 e. The number of nitrogens with one attached hydrogen (secondary N) is 1. The Balaban J connectivity index is 1.41. The van der Waals surface area contributed by atoms with Gasteiger partial charge in [-0.2, -0.15) is 0 Å². The van der Waals surface area contributed by atoms with Crippen LogP contribution in [0.25, 0.3) is 0 Å². The van der Waals surface area contributed by atoms with E-state index < -0.39 is 0 Å². The van der Waals surface area contributed by atoms with Gasteiger partial charge in [-0.3, -0.25) is 9.59 Å². The molecule has 1 atom stereocenters. The molecular weight excluding hydrogens is 328 g/mol. The van der Waals surface area contributed by atoms with Crippen molar-refractivity contribution in [2.45, 2.75) is 102 Å². The van der Waals surface area contributed by atoms with Crippen LogP contribution in [0.15, 0.2) is 0 Å². The normalized spacial score (nSPS) is 24.6. The molecule has 1 aliphatic heterocycles. The fourth-order valence-corrected chi connectivity index (χ4v) is 4.72. The van der Waals surface area contributed by atoms with Crippen molar-refractivity contribution in [3.8, 4) is 0 Å². The van der Waals surface area contributed by atoms with Gasteiger partial charge in [0.05, 0.1) is 6.10 Å². The zero-order chi connectivity index (χ0) is 18.4. The number of hydrogen-bond acceptors (Lipinski definition) is 3. The van der Waals surface area contributed by atoms with Crippen molar-refractivity contribution in [2.24, 2.45) is 5.92 Å². The van der Waals surface area contributed by atoms with E-state index in [1.54, 1.807) is 0 Å². The summed E-state index contributed by atoms with van der Waals surface area (Å²) in [6.07, 6.45) is 12.8. The molecular formula is C21H36N2O3. The van der Waals surface area contributed by atoms with E-state index in [-0.39, 0.29) is 36.0 Å². The molecule has 3 rings (SSSR count). The number of nitrogens with zero attached hydrogens (tertiary/aromatic N) is 1. The van der Waals surface area contributed by atoms with Crippen LogP contribution in [0.4, 0.5) is 0 Å². The quantitative estimate of drug-likeness (QED) is 0.786. The Hall–Kier alpha value is -1.10. The van der Waals surface area contributed by atoms with Gasteiger partial charge in [0.1, 0.15) is 6.10 Å². The van der Waals surface area contributed by atoms with Crippen molar-refractivity contribution in [3.05, 3.63) is 0 Å². The second kappa shape index (κ2) is 9.72. The first-order chi connectivity index (χ1) is 12.7. The molecule has 1 unspecified atom stereocenters. The minimum atomic E-state index is -0.286. The third-order valence-electron chi connectivity index (χ3n) is 6.43. The van der Waals surface area contributed by atoms with Crippen LogP contribution in [0, 0.1) is 5.92 Å². The van der Waals surface area contributed by atoms with Gasteiger partial charge < -0.3 is 15.0 Å². The summed E-state index contributed by atoms with van der Waals surface area (Å²) in [5, 5.41) is 3.24. The third kappa shape index (κ3) is 5.21. The van der Waals surface area contributed by atoms with E-state index in [4.69, 9.17) is 4.74 Å². The molecule has 5 nitrogen and oxygen atoms in total. The molecule has 0 aromatic heterocycles. The number of piperidine rings is 1. The Morgan fingerprint density at radius 3 is 2.19 bits per heavy atom. The van der Waals surface area contributed by atoms with Crippen LogP contribution in [-0.2, 0) is 14.3 Å². The first-order valence-corrected chi connectivity index (χ1v) is 10.9. The highest BCUT2D eigenvalue weighted by molar-refractivity contribution is 5.81. The lowest BCUT2D eigenvalue weighted by atomic mass is 9.88. The topological polar surface area (TPSA) is 58.6 Å². The van der Waals surface area contributed by atoms with Gasteiger partial charge in [-0.1, -0.05) is 39.0 Å². The zero-order valence-electron chi connectivity index (χ0n) is 16.4. The van der Waals surface area contributed by atoms with Gasteiger partial charge in [0, 0.05) is 25.0 Å². The average molecular weight is 365 g/mol. The number of ether oxygens (including phenoxy) is 1. The van der Waals surface area contributed by atoms with Crippen LogP contribution < -0.4 is 5.32 Å². The maximum Gasteiger partial charge on any atom is 0.251 e. The Morgan fingerprint density at radius 2 is 1.58 bits per heavy atom. The summed E-state index contributed by atoms with van der Waals surface area (Å²) in [7, 11) is 0. The minimum absolute atomic E-state index is 0.149. The predicted molar refractivity (Wildman–Crippen MR) is 102 cm³/mol. The number of rotatable bonds is 6. The van der Waals surface area contributed by atoms with Gasteiger partial charge >= 0.3 is 0 Å². The molecule has 1 heterocycles. The number of amides is 2. The lowest BCUT2D eigenvalue weighted by Crippen LogP contribution is -2.50. The summed E-state index contributed by atoms with van der Waals surface area (Å²) in [5.74, 6) is 0.606. The van der Waals surface area contributed by atoms with Gasteiger partial charge in [0.2, 0.25) is 5.91 Å². The van der Waals surface area contributed by atoms with Crippen molar-refractivity contribution in [3.63, 3.8) is 0 Å². The first kappa shape index (κ1) is 19.7. The van der Waals surface area contributed by atoms with Crippen molar-refractivity contribution < 1.29 is 14.3 Å². The standard InChI is InChI=1S/C21H36N2O3/c1-2-19(26-18-10-6-7-11-18)21(25)23-14-12-17(13-15-23)22-20(24)16-8-4-3-5-9-16/h16-19H,2-15H2,1H3,(H,22,24). The van der Waals surface area contributed by atoms with Crippen molar-refractivity contribution >= 4 is 11.8 Å². The van der Waals surface area contributed by atoms with Gasteiger partial charge in [-0.05, 0) is 44.9 Å². The van der Waals surface area contributed by atoms with E-state index >= 15 is 0 Å². The van der Waals surface area contributed by atoms with Crippen LogP contribution >= 0.6 is 0 Å². The van der Waals surface area contributed by atoms with Crippen LogP contribution in [0.5, 0.6) is 0 Å². The van der Waals surface area contributed by atoms with Crippen molar-refractivity contribution in [2.75, 3.05) is 13.1 Å². The molecule has 0 spiro atoms. The van der Waals surface area contributed by atoms with E-state index in [1.807, 2.05) is 11.8 Å². The molecule has 1 N–H and O–H groups in total. The lowest BCUT2D eigenvalue weighted by molar-refractivity contribution is -0.149. The fourth-order valence-electron chi connectivity index (χ4n) is 4.72. The molecule has 2 saturated carbocycles. The fraction of sp³-hybridized carbons (Fsp3) is 0.905. The van der Waals surface area contributed by atoms with Gasteiger partial charge in [-0.15, -0.1) is 0 Å². The summed E-state index contributed by atoms with van der Waals surface area (Å²) < 4.78 is 6.09. The van der Waals surface area contributed by atoms with Crippen LogP contribution in [0.2, 0.25) is 0 Å². The lowest BCUT2D eigenvalue weighted by Gasteiger charge is -2.35. The Kier molecular flexibility index (Phi) is 7.35. The van der Waals surface area contributed by atoms with Crippen LogP contribution in [0.1, 0.15) is 84.0 Å². The van der Waals surface area contributed by atoms with Crippen LogP contribution in [-0.4, -0.2) is 48.1 Å². The van der Waals surface area contributed by atoms with Crippen molar-refractivity contribution in [1.82, 2.24) is 10.2 Å². The molecule has 0 radical (unpaired) electrons. The van der Waals surface area contributed by atoms with Gasteiger partial charge in [0.25, 0.3) is 5.91 Å². The highest BCUT2D eigenvalue weighted by atomic mass is 16.5. The summed E-state index contributed by atoms with van der Waals surface area (Å²) in [4.78, 5) is 27.2. The van der Waals surface area contributed by atoms with Crippen molar-refractivity contribution in [1.29, 1.82) is 0 Å². The monoisotopic (exact) mass is 364 g/mol. The number of carbonyl (C=O) groups excluding carboxylic acids is 2. The number of likely N-dealkylation sites (tertiary alicyclic amines) is 1. The number of hydrogen-bond donors (Lipinski definition) is 1. The zero-order valence-corrected chi connectivity index (χ0v) is 16.4. The molecule has 3 fully saturated rings. The highest BCUT2D eigenvalue weighted by Crippen LogP contribution is 2.25. The molecule has 148 valence electrons. The van der Waals surface area contributed by atoms with E-state index in [0.717, 1.165) is 58.0 Å². The third-order valence-corrected chi connectivity index (χ3v) is 6.43. The highest BCUT2D eigenvalue weighted by Gasteiger charge is 2.31. The average Bonchev–Trinajstić information content (AvgIpc) is 3.20. The SMILES string of the molecule is CCC(OC1CCCC1)C(=O)N1CCC(NC(=O)C2CCCCC2)CC1. The van der Waals surface area contributed by atoms with E-state index in [9.17, 15) is 9.59 Å². The first-order valence-electron chi connectivity index (χ1n) is 10.9. The summed E-state index contributed by atoms with van der Waals surface area (Å²) in [6.45, 7) is 3.51. The largest absolute Gasteiger partial charge is 0.365 e. The summed E-state index contributed by atoms with van der Waals surface area (Å²) in [5.41, 5.74) is 0. The Morgan fingerprint density at radius 1 is 0.962 bits per heavy atom. The summed E-state index contributed by atoms with van der Waals surface area (Å²) in [6, 6.07) is 0.226. The van der Waals surface area contributed by atoms with E-state index in [2.05, 4.69) is 5.32 Å². The minimum Gasteiger partial charge on any atom is -0.365 e. The molecule has 2 aliphatic carbocycles. The van der Waals surface area contributed by atoms with E-state index in [0.29, 0.717) is 0 Å². The molecule has 0 aromatic rings. The molecule has 2 amide bonds. The maximum absolute atomic E-state index is 12.8. The predicted octanol–water partition coefficient (Wildman–Crippen LogP) is 3.41. The molecule has 1 saturated heterocycles. The second-order valence-corrected chi connectivity index (χ2v) is 8.38. The Labute approximate surface area is 158 Å². The second-order valence-electron chi connectivity index (χ2n) is 8.38. The Bertz CT molecular complexity index is 462. The van der Waals surface area contributed by atoms with Gasteiger partial charge in [0.15, 0.2) is 0 Å². The molecule has 5 heteroatoms. The molecule has 0 aromatic carbocycles. The molecule has 0 bridgehead atoms. The molecule has 26 heavy (non-hydrogen) atoms. The number of carbonyl (C=O) groups is 2. The van der Waals surface area contributed by atoms with E-state index in [1.165, 1.54) is 32.1 Å².